The van der Waals surface area contributed by atoms with E-state index in [1.807, 2.05) is 6.07 Å². The van der Waals surface area contributed by atoms with Gasteiger partial charge in [-0.25, -0.2) is 22.8 Å². The van der Waals surface area contributed by atoms with Crippen molar-refractivity contribution in [1.29, 1.82) is 5.26 Å². The van der Waals surface area contributed by atoms with Crippen molar-refractivity contribution in [2.45, 2.75) is 48.7 Å². The van der Waals surface area contributed by atoms with Crippen LogP contribution in [0.15, 0.2) is 35.6 Å². The molecule has 0 saturated carbocycles. The summed E-state index contributed by atoms with van der Waals surface area (Å²) < 4.78 is 52.6. The van der Waals surface area contributed by atoms with Gasteiger partial charge in [0, 0.05) is 25.7 Å². The summed E-state index contributed by atoms with van der Waals surface area (Å²) in [4.78, 5) is 12.2. The Morgan fingerprint density at radius 2 is 2.21 bits per heavy atom. The average Bonchev–Trinajstić information content (AvgIpc) is 2.82. The van der Waals surface area contributed by atoms with Crippen molar-refractivity contribution in [2.24, 2.45) is 0 Å². The van der Waals surface area contributed by atoms with Crippen LogP contribution < -0.4 is 10.1 Å². The van der Waals surface area contributed by atoms with Crippen LogP contribution in [-0.4, -0.2) is 83.0 Å². The van der Waals surface area contributed by atoms with Gasteiger partial charge >= 0.3 is 0 Å². The predicted octanol–water partition coefficient (Wildman–Crippen LogP) is 0.875. The highest BCUT2D eigenvalue weighted by Crippen LogP contribution is 2.27. The molecule has 2 fully saturated rings. The number of aromatic nitrogens is 3. The lowest BCUT2D eigenvalue weighted by molar-refractivity contribution is -0.139. The number of hydrogen-bond donors (Lipinski definition) is 2. The van der Waals surface area contributed by atoms with Crippen molar-refractivity contribution in [2.75, 3.05) is 31.6 Å². The van der Waals surface area contributed by atoms with Crippen LogP contribution >= 0.6 is 0 Å². The van der Waals surface area contributed by atoms with E-state index in [-0.39, 0.29) is 48.5 Å². The molecule has 0 spiro atoms. The Kier molecular flexibility index (Phi) is 6.94. The number of alkyl halides is 1. The number of sulfonamides is 1. The number of hydrogen-bond acceptors (Lipinski definition) is 10. The molecule has 0 unspecified atom stereocenters. The first-order valence-electron chi connectivity index (χ1n) is 10.8. The molecule has 0 aliphatic carbocycles. The Bertz CT molecular complexity index is 1160. The molecular weight excluding hydrogens is 467 g/mol. The third-order valence-electron chi connectivity index (χ3n) is 5.80. The zero-order valence-electron chi connectivity index (χ0n) is 18.5. The number of pyridine rings is 1. The number of nitrogens with zero attached hydrogens (tertiary/aromatic N) is 5. The second kappa shape index (κ2) is 9.75. The highest BCUT2D eigenvalue weighted by Gasteiger charge is 2.39. The van der Waals surface area contributed by atoms with Crippen molar-refractivity contribution >= 4 is 16.0 Å². The van der Waals surface area contributed by atoms with Gasteiger partial charge < -0.3 is 19.9 Å². The van der Waals surface area contributed by atoms with Gasteiger partial charge in [-0.2, -0.15) is 14.6 Å². The smallest absolute Gasteiger partial charge is 0.260 e. The first kappa shape index (κ1) is 24.2. The Morgan fingerprint density at radius 1 is 1.38 bits per heavy atom. The minimum Gasteiger partial charge on any atom is -0.470 e. The summed E-state index contributed by atoms with van der Waals surface area (Å²) in [5.74, 6) is 0.00661. The molecule has 11 nitrogen and oxygen atoms in total. The first-order chi connectivity index (χ1) is 16.2. The van der Waals surface area contributed by atoms with Crippen LogP contribution in [0.2, 0.25) is 0 Å². The van der Waals surface area contributed by atoms with Gasteiger partial charge in [0.25, 0.3) is 10.0 Å². The van der Waals surface area contributed by atoms with E-state index in [1.54, 1.807) is 19.1 Å². The van der Waals surface area contributed by atoms with E-state index in [4.69, 9.17) is 9.47 Å². The van der Waals surface area contributed by atoms with Crippen molar-refractivity contribution in [3.63, 3.8) is 0 Å². The monoisotopic (exact) mass is 492 g/mol. The SMILES string of the molecule is C[C@@]1(O)COCC[C@@H]1Oc1nc(N[C@H]2CCN(S(=O)(=O)c3ccccn3)C[C@H]2F)ncc1C#N. The summed E-state index contributed by atoms with van der Waals surface area (Å²) in [6.45, 7) is 1.79. The third kappa shape index (κ3) is 5.10. The highest BCUT2D eigenvalue weighted by atomic mass is 32.2. The first-order valence-corrected chi connectivity index (χ1v) is 12.2. The molecule has 182 valence electrons. The van der Waals surface area contributed by atoms with Crippen molar-refractivity contribution in [3.05, 3.63) is 36.2 Å². The Morgan fingerprint density at radius 3 is 2.88 bits per heavy atom. The molecule has 2 saturated heterocycles. The van der Waals surface area contributed by atoms with Crippen LogP contribution in [0.3, 0.4) is 0 Å². The predicted molar refractivity (Wildman–Crippen MR) is 117 cm³/mol. The van der Waals surface area contributed by atoms with Crippen LogP contribution in [0.1, 0.15) is 25.3 Å². The van der Waals surface area contributed by atoms with Gasteiger partial charge in [0.05, 0.1) is 25.5 Å². The molecule has 0 bridgehead atoms. The fourth-order valence-electron chi connectivity index (χ4n) is 3.85. The summed E-state index contributed by atoms with van der Waals surface area (Å²) in [6, 6.07) is 5.73. The van der Waals surface area contributed by atoms with Crippen molar-refractivity contribution < 1.29 is 27.4 Å². The molecule has 34 heavy (non-hydrogen) atoms. The minimum atomic E-state index is -3.90. The molecule has 2 aliphatic heterocycles. The number of halogens is 1. The summed E-state index contributed by atoms with van der Waals surface area (Å²) in [5, 5.41) is 22.6. The molecule has 4 heterocycles. The Balaban J connectivity index is 1.45. The van der Waals surface area contributed by atoms with Gasteiger partial charge in [0.15, 0.2) is 5.03 Å². The zero-order chi connectivity index (χ0) is 24.3. The number of aliphatic hydroxyl groups is 1. The number of ether oxygens (including phenoxy) is 2. The van der Waals surface area contributed by atoms with Gasteiger partial charge in [0.1, 0.15) is 29.5 Å². The van der Waals surface area contributed by atoms with Gasteiger partial charge in [-0.1, -0.05) is 6.07 Å². The maximum atomic E-state index is 15.0. The highest BCUT2D eigenvalue weighted by molar-refractivity contribution is 7.89. The molecule has 2 N–H and O–H groups in total. The van der Waals surface area contributed by atoms with E-state index in [0.717, 1.165) is 4.31 Å². The van der Waals surface area contributed by atoms with Gasteiger partial charge in [-0.15, -0.1) is 0 Å². The normalized spacial score (nSPS) is 28.1. The minimum absolute atomic E-state index is 0.0299. The van der Waals surface area contributed by atoms with E-state index in [9.17, 15) is 23.2 Å². The molecule has 2 aromatic rings. The summed E-state index contributed by atoms with van der Waals surface area (Å²) in [5.41, 5.74) is -1.19. The van der Waals surface area contributed by atoms with E-state index < -0.39 is 33.9 Å². The standard InChI is InChI=1S/C21H25FN6O5S/c1-21(29)13-32-9-6-17(21)33-19-14(10-23)11-25-20(27-19)26-16-5-8-28(12-15(16)22)34(30,31)18-4-2-3-7-24-18/h2-4,7,11,15-17,29H,5-6,8-9,12-13H2,1H3,(H,25,26,27)/t15-,16+,17+,21-/m1/s1. The number of piperidine rings is 1. The fourth-order valence-corrected chi connectivity index (χ4v) is 5.25. The maximum absolute atomic E-state index is 15.0. The third-order valence-corrected chi connectivity index (χ3v) is 7.58. The number of anilines is 1. The van der Waals surface area contributed by atoms with Gasteiger partial charge in [-0.05, 0) is 25.5 Å². The van der Waals surface area contributed by atoms with E-state index in [1.165, 1.54) is 18.5 Å². The number of nitriles is 1. The lowest BCUT2D eigenvalue weighted by atomic mass is 9.95. The Hall–Kier alpha value is -2.92. The molecule has 13 heteroatoms. The van der Waals surface area contributed by atoms with Crippen LogP contribution in [0.4, 0.5) is 10.3 Å². The molecule has 0 aromatic carbocycles. The topological polar surface area (TPSA) is 151 Å². The van der Waals surface area contributed by atoms with Crippen LogP contribution in [0.5, 0.6) is 5.88 Å². The number of rotatable bonds is 6. The zero-order valence-corrected chi connectivity index (χ0v) is 19.3. The van der Waals surface area contributed by atoms with E-state index in [2.05, 4.69) is 20.3 Å². The second-order valence-corrected chi connectivity index (χ2v) is 10.3. The van der Waals surface area contributed by atoms with Gasteiger partial charge in [-0.3, -0.25) is 0 Å². The van der Waals surface area contributed by atoms with Crippen LogP contribution in [0, 0.1) is 11.3 Å². The maximum Gasteiger partial charge on any atom is 0.260 e. The summed E-state index contributed by atoms with van der Waals surface area (Å²) in [6.07, 6.45) is 1.02. The lowest BCUT2D eigenvalue weighted by Crippen LogP contribution is -2.51. The quantitative estimate of drug-likeness (QED) is 0.594. The summed E-state index contributed by atoms with van der Waals surface area (Å²) >= 11 is 0. The van der Waals surface area contributed by atoms with E-state index in [0.29, 0.717) is 13.0 Å². The van der Waals surface area contributed by atoms with Crippen LogP contribution in [-0.2, 0) is 14.8 Å². The molecule has 4 atom stereocenters. The van der Waals surface area contributed by atoms with Crippen molar-refractivity contribution in [3.8, 4) is 11.9 Å². The molecule has 4 rings (SSSR count). The Labute approximate surface area is 196 Å². The number of nitrogens with one attached hydrogen (secondary N) is 1. The summed E-state index contributed by atoms with van der Waals surface area (Å²) in [7, 11) is -3.90. The molecule has 0 radical (unpaired) electrons. The molecule has 2 aromatic heterocycles. The van der Waals surface area contributed by atoms with Crippen molar-refractivity contribution in [1.82, 2.24) is 19.3 Å². The molecule has 2 aliphatic rings. The van der Waals surface area contributed by atoms with Crippen LogP contribution in [0.25, 0.3) is 0 Å². The second-order valence-electron chi connectivity index (χ2n) is 8.42. The molecule has 0 amide bonds. The lowest BCUT2D eigenvalue weighted by Gasteiger charge is -2.36. The van der Waals surface area contributed by atoms with E-state index >= 15 is 0 Å². The molecular formula is C21H25FN6O5S. The largest absolute Gasteiger partial charge is 0.470 e. The fraction of sp³-hybridized carbons (Fsp3) is 0.524. The van der Waals surface area contributed by atoms with Gasteiger partial charge in [0.2, 0.25) is 11.8 Å². The average molecular weight is 493 g/mol.